The molecule has 0 radical (unpaired) electrons. The zero-order valence-electron chi connectivity index (χ0n) is 33.3. The number of methoxy groups -OCH3 is 1. The van der Waals surface area contributed by atoms with E-state index in [1.54, 1.807) is 30.0 Å². The average molecular weight is 801 g/mol. The predicted molar refractivity (Wildman–Crippen MR) is 227 cm³/mol. The fourth-order valence-corrected chi connectivity index (χ4v) is 8.67. The molecular formula is C44H48N8O5S. The number of likely N-dealkylation sites (N-methyl/N-ethyl adjacent to an activating group) is 2. The van der Waals surface area contributed by atoms with E-state index in [2.05, 4.69) is 61.9 Å². The van der Waals surface area contributed by atoms with Crippen LogP contribution >= 0.6 is 11.8 Å². The molecule has 13 nitrogen and oxygen atoms in total. The minimum atomic E-state index is -0.630. The van der Waals surface area contributed by atoms with Crippen LogP contribution in [-0.4, -0.2) is 101 Å². The highest BCUT2D eigenvalue weighted by Gasteiger charge is 2.39. The van der Waals surface area contributed by atoms with Crippen LogP contribution in [0.1, 0.15) is 46.6 Å². The number of thioether (sulfide) groups is 1. The van der Waals surface area contributed by atoms with E-state index in [-0.39, 0.29) is 24.1 Å². The number of nitrogens with zero attached hydrogens (tertiary/aromatic N) is 6. The molecule has 5 aromatic rings. The molecule has 14 heteroatoms. The number of carbonyl (C=O) groups is 4. The summed E-state index contributed by atoms with van der Waals surface area (Å²) in [6, 6.07) is 19.1. The first-order chi connectivity index (χ1) is 28.0. The lowest BCUT2D eigenvalue weighted by Gasteiger charge is -2.29. The molecule has 4 heterocycles. The van der Waals surface area contributed by atoms with Crippen LogP contribution in [-0.2, 0) is 34.4 Å². The summed E-state index contributed by atoms with van der Waals surface area (Å²) in [5.74, 6) is 0.977. The number of fused-ring (bicyclic) bond motifs is 2. The number of amides is 4. The minimum Gasteiger partial charge on any atom is -0.496 e. The van der Waals surface area contributed by atoms with Crippen molar-refractivity contribution in [2.75, 3.05) is 56.8 Å². The Morgan fingerprint density at radius 3 is 2.69 bits per heavy atom. The first-order valence-corrected chi connectivity index (χ1v) is 20.3. The van der Waals surface area contributed by atoms with E-state index in [1.165, 1.54) is 6.08 Å². The Labute approximate surface area is 342 Å². The number of piperidine rings is 1. The number of anilines is 2. The zero-order valence-corrected chi connectivity index (χ0v) is 34.1. The molecule has 0 aliphatic carbocycles. The van der Waals surface area contributed by atoms with E-state index in [4.69, 9.17) is 9.72 Å². The molecule has 2 aliphatic heterocycles. The molecule has 1 unspecified atom stereocenters. The predicted octanol–water partition coefficient (Wildman–Crippen LogP) is 5.67. The Bertz CT molecular complexity index is 2400. The number of aryl methyl sites for hydroxylation is 1. The number of nitrogens with one attached hydrogen (secondary N) is 2. The van der Waals surface area contributed by atoms with Gasteiger partial charge in [-0.2, -0.15) is 0 Å². The molecule has 2 aromatic heterocycles. The van der Waals surface area contributed by atoms with Gasteiger partial charge in [0.2, 0.25) is 17.7 Å². The van der Waals surface area contributed by atoms with Crippen molar-refractivity contribution in [1.82, 2.24) is 29.7 Å². The summed E-state index contributed by atoms with van der Waals surface area (Å²) in [5.41, 5.74) is 6.84. The monoisotopic (exact) mass is 800 g/mol. The molecule has 1 fully saturated rings. The third-order valence-corrected chi connectivity index (χ3v) is 12.0. The number of para-hydroxylation sites is 1. The Hall–Kier alpha value is -5.99. The molecule has 0 bridgehead atoms. The molecule has 0 spiro atoms. The fraction of sp³-hybridized carbons (Fsp3) is 0.318. The topological polar surface area (TPSA) is 142 Å². The van der Waals surface area contributed by atoms with Crippen LogP contribution in [0.25, 0.3) is 22.2 Å². The van der Waals surface area contributed by atoms with Crippen molar-refractivity contribution < 1.29 is 23.9 Å². The Kier molecular flexibility index (Phi) is 12.2. The molecule has 2 aliphatic rings. The van der Waals surface area contributed by atoms with E-state index in [0.29, 0.717) is 48.8 Å². The lowest BCUT2D eigenvalue weighted by atomic mass is 10.0. The summed E-state index contributed by atoms with van der Waals surface area (Å²) in [5, 5.41) is 6.49. The van der Waals surface area contributed by atoms with Gasteiger partial charge in [0.05, 0.1) is 24.2 Å². The number of hydrogen-bond donors (Lipinski definition) is 2. The standard InChI is InChI=1S/C44H48N8O5S/c1-6-41(53)47-34-23-28(24-40-45-18-17-33(46-40)31-26-51(4)35-13-8-7-11-29(31)35)38(57-5)25-37(34)50(3)21-20-49(2)19-10-22-58-39-14-9-12-30-32(39)27-52(44(30)56)36-15-16-42(54)48-43(36)55/h6-9,11-14,17-18,23,25-26,36H,1,10,15-16,19-22,24,27H2,2-5H3,(H,47,53)(H,48,54,55). The number of aromatic nitrogens is 3. The highest BCUT2D eigenvalue weighted by molar-refractivity contribution is 7.99. The van der Waals surface area contributed by atoms with Crippen LogP contribution in [0.2, 0.25) is 0 Å². The molecule has 7 rings (SSSR count). The molecule has 4 amide bonds. The highest BCUT2D eigenvalue weighted by Crippen LogP contribution is 2.37. The SMILES string of the molecule is C=CC(=O)Nc1cc(Cc2nccc(-c3cn(C)c4ccccc34)n2)c(OC)cc1N(C)CCN(C)CCCSc1cccc2c1CN(C1CCC(=O)NC1=O)C2=O. The van der Waals surface area contributed by atoms with E-state index >= 15 is 0 Å². The van der Waals surface area contributed by atoms with Gasteiger partial charge in [-0.1, -0.05) is 30.8 Å². The maximum absolute atomic E-state index is 13.2. The van der Waals surface area contributed by atoms with Crippen LogP contribution < -0.4 is 20.3 Å². The van der Waals surface area contributed by atoms with Gasteiger partial charge < -0.3 is 29.3 Å². The van der Waals surface area contributed by atoms with Crippen molar-refractivity contribution >= 4 is 57.7 Å². The van der Waals surface area contributed by atoms with Gasteiger partial charge in [0.25, 0.3) is 5.91 Å². The Morgan fingerprint density at radius 2 is 1.90 bits per heavy atom. The smallest absolute Gasteiger partial charge is 0.255 e. The summed E-state index contributed by atoms with van der Waals surface area (Å²) in [6.45, 7) is 6.33. The second kappa shape index (κ2) is 17.7. The Balaban J connectivity index is 0.971. The number of imide groups is 1. The van der Waals surface area contributed by atoms with Crippen LogP contribution in [0.3, 0.4) is 0 Å². The van der Waals surface area contributed by atoms with Crippen LogP contribution in [0, 0.1) is 0 Å². The van der Waals surface area contributed by atoms with E-state index in [9.17, 15) is 19.2 Å². The maximum Gasteiger partial charge on any atom is 0.255 e. The molecule has 58 heavy (non-hydrogen) atoms. The van der Waals surface area contributed by atoms with Crippen molar-refractivity contribution in [3.8, 4) is 17.0 Å². The summed E-state index contributed by atoms with van der Waals surface area (Å²) in [7, 11) is 7.75. The van der Waals surface area contributed by atoms with Crippen LogP contribution in [0.4, 0.5) is 11.4 Å². The van der Waals surface area contributed by atoms with Gasteiger partial charge in [-0.25, -0.2) is 9.97 Å². The first kappa shape index (κ1) is 40.2. The third-order valence-electron chi connectivity index (χ3n) is 10.8. The number of carbonyl (C=O) groups excluding carboxylic acids is 4. The molecule has 0 saturated carbocycles. The zero-order chi connectivity index (χ0) is 40.9. The van der Waals surface area contributed by atoms with Crippen molar-refractivity contribution in [1.29, 1.82) is 0 Å². The first-order valence-electron chi connectivity index (χ1n) is 19.3. The summed E-state index contributed by atoms with van der Waals surface area (Å²) < 4.78 is 7.99. The number of ether oxygens (including phenoxy) is 1. The van der Waals surface area contributed by atoms with Crippen LogP contribution in [0.5, 0.6) is 5.75 Å². The molecule has 1 saturated heterocycles. The molecular weight excluding hydrogens is 753 g/mol. The van der Waals surface area contributed by atoms with Crippen molar-refractivity contribution in [3.63, 3.8) is 0 Å². The minimum absolute atomic E-state index is 0.160. The highest BCUT2D eigenvalue weighted by atomic mass is 32.2. The van der Waals surface area contributed by atoms with Crippen LogP contribution in [0.15, 0.2) is 90.6 Å². The second-order valence-electron chi connectivity index (χ2n) is 14.7. The molecule has 3 aromatic carbocycles. The summed E-state index contributed by atoms with van der Waals surface area (Å²) in [6.07, 6.45) is 7.01. The molecule has 2 N–H and O–H groups in total. The molecule has 300 valence electrons. The van der Waals surface area contributed by atoms with Crippen molar-refractivity contribution in [2.24, 2.45) is 7.05 Å². The van der Waals surface area contributed by atoms with E-state index < -0.39 is 11.9 Å². The average Bonchev–Trinajstić information content (AvgIpc) is 3.75. The second-order valence-corrected chi connectivity index (χ2v) is 15.8. The number of rotatable bonds is 16. The van der Waals surface area contributed by atoms with Crippen molar-refractivity contribution in [2.45, 2.75) is 43.2 Å². The maximum atomic E-state index is 13.2. The van der Waals surface area contributed by atoms with E-state index in [1.807, 2.05) is 62.6 Å². The fourth-order valence-electron chi connectivity index (χ4n) is 7.65. The largest absolute Gasteiger partial charge is 0.496 e. The third kappa shape index (κ3) is 8.63. The van der Waals surface area contributed by atoms with Gasteiger partial charge in [-0.3, -0.25) is 24.5 Å². The van der Waals surface area contributed by atoms with Gasteiger partial charge in [-0.15, -0.1) is 11.8 Å². The number of benzene rings is 3. The normalized spacial score (nSPS) is 15.2. The quantitative estimate of drug-likeness (QED) is 0.0555. The van der Waals surface area contributed by atoms with Crippen molar-refractivity contribution in [3.05, 3.63) is 108 Å². The van der Waals surface area contributed by atoms with Gasteiger partial charge in [0.1, 0.15) is 17.6 Å². The summed E-state index contributed by atoms with van der Waals surface area (Å²) in [4.78, 5) is 66.6. The van der Waals surface area contributed by atoms with E-state index in [0.717, 1.165) is 69.1 Å². The van der Waals surface area contributed by atoms with Gasteiger partial charge in [0.15, 0.2) is 0 Å². The molecule has 1 atom stereocenters. The van der Waals surface area contributed by atoms with Gasteiger partial charge in [0, 0.05) is 97.5 Å². The lowest BCUT2D eigenvalue weighted by Crippen LogP contribution is -2.52. The van der Waals surface area contributed by atoms with Gasteiger partial charge >= 0.3 is 0 Å². The summed E-state index contributed by atoms with van der Waals surface area (Å²) >= 11 is 1.71. The Morgan fingerprint density at radius 1 is 1.07 bits per heavy atom. The van der Waals surface area contributed by atoms with Gasteiger partial charge in [-0.05, 0) is 74.2 Å². The lowest BCUT2D eigenvalue weighted by molar-refractivity contribution is -0.137. The number of hydrogen-bond acceptors (Lipinski definition) is 10.